The van der Waals surface area contributed by atoms with Gasteiger partial charge in [-0.3, -0.25) is 0 Å². The molecule has 190 valence electrons. The number of rotatable bonds is 2. The largest absolute Gasteiger partial charge is 0.456 e. The van der Waals surface area contributed by atoms with Gasteiger partial charge < -0.3 is 4.42 Å². The van der Waals surface area contributed by atoms with E-state index in [1.165, 1.54) is 38.1 Å². The molecule has 0 aliphatic heterocycles. The van der Waals surface area contributed by atoms with Crippen molar-refractivity contribution in [2.45, 2.75) is 0 Å². The normalized spacial score (nSPS) is 11.9. The first-order valence-electron chi connectivity index (χ1n) is 14.0. The van der Waals surface area contributed by atoms with Crippen LogP contribution in [0.4, 0.5) is 0 Å². The molecule has 0 spiro atoms. The Morgan fingerprint density at radius 3 is 2.00 bits per heavy atom. The molecule has 7 aromatic carbocycles. The van der Waals surface area contributed by atoms with Crippen molar-refractivity contribution in [3.05, 3.63) is 140 Å². The van der Waals surface area contributed by atoms with Gasteiger partial charge in [-0.25, -0.2) is 4.98 Å². The molecule has 9 aromatic rings. The second kappa shape index (κ2) is 8.51. The maximum atomic E-state index is 6.48. The summed E-state index contributed by atoms with van der Waals surface area (Å²) in [5, 5.41) is 10.8. The van der Waals surface area contributed by atoms with Gasteiger partial charge >= 0.3 is 0 Å². The van der Waals surface area contributed by atoms with Crippen LogP contribution < -0.4 is 0 Å². The minimum Gasteiger partial charge on any atom is -0.456 e. The zero-order valence-corrected chi connectivity index (χ0v) is 22.1. The number of fused-ring (bicyclic) bond motifs is 10. The van der Waals surface area contributed by atoms with Gasteiger partial charge in [-0.2, -0.15) is 0 Å². The van der Waals surface area contributed by atoms with E-state index < -0.39 is 0 Å². The number of furan rings is 1. The zero-order valence-electron chi connectivity index (χ0n) is 22.1. The summed E-state index contributed by atoms with van der Waals surface area (Å²) in [6, 6.07) is 49.5. The quantitative estimate of drug-likeness (QED) is 0.211. The molecule has 0 atom stereocenters. The van der Waals surface area contributed by atoms with Gasteiger partial charge in [0.15, 0.2) is 0 Å². The molecule has 0 bridgehead atoms. The summed E-state index contributed by atoms with van der Waals surface area (Å²) in [4.78, 5) is 5.14. The van der Waals surface area contributed by atoms with Crippen LogP contribution in [0.2, 0.25) is 0 Å². The molecule has 2 aromatic heterocycles. The highest BCUT2D eigenvalue weighted by atomic mass is 16.3. The molecule has 0 amide bonds. The van der Waals surface area contributed by atoms with Crippen LogP contribution in [-0.4, -0.2) is 4.98 Å². The van der Waals surface area contributed by atoms with Gasteiger partial charge in [0.1, 0.15) is 11.2 Å². The predicted octanol–water partition coefficient (Wildman–Crippen LogP) is 10.9. The van der Waals surface area contributed by atoms with Gasteiger partial charge in [0.05, 0.1) is 11.2 Å². The Hall–Kier alpha value is -5.47. The number of pyridine rings is 1. The Labute approximate surface area is 236 Å². The van der Waals surface area contributed by atoms with Crippen molar-refractivity contribution >= 4 is 65.2 Å². The maximum Gasteiger partial charge on any atom is 0.136 e. The molecule has 0 saturated heterocycles. The molecular weight excluding hydrogens is 498 g/mol. The summed E-state index contributed by atoms with van der Waals surface area (Å²) in [7, 11) is 0. The van der Waals surface area contributed by atoms with Crippen LogP contribution in [-0.2, 0) is 0 Å². The topological polar surface area (TPSA) is 26.0 Å². The molecule has 9 rings (SSSR count). The van der Waals surface area contributed by atoms with E-state index in [-0.39, 0.29) is 0 Å². The summed E-state index contributed by atoms with van der Waals surface area (Å²) >= 11 is 0. The lowest BCUT2D eigenvalue weighted by Gasteiger charge is -2.12. The molecule has 0 aliphatic carbocycles. The summed E-state index contributed by atoms with van der Waals surface area (Å²) in [5.74, 6) is 0. The van der Waals surface area contributed by atoms with Crippen molar-refractivity contribution in [3.8, 4) is 22.4 Å². The van der Waals surface area contributed by atoms with Crippen LogP contribution in [0.25, 0.3) is 87.5 Å². The first-order valence-corrected chi connectivity index (χ1v) is 14.0. The van der Waals surface area contributed by atoms with E-state index in [1.807, 2.05) is 6.07 Å². The Morgan fingerprint density at radius 1 is 0.415 bits per heavy atom. The van der Waals surface area contributed by atoms with Crippen molar-refractivity contribution in [2.75, 3.05) is 0 Å². The Bertz CT molecular complexity index is 2470. The Kier molecular flexibility index (Phi) is 4.64. The average Bonchev–Trinajstić information content (AvgIpc) is 3.42. The molecule has 0 aliphatic rings. The van der Waals surface area contributed by atoms with Gasteiger partial charge in [-0.1, -0.05) is 103 Å². The van der Waals surface area contributed by atoms with Gasteiger partial charge in [0, 0.05) is 32.5 Å². The van der Waals surface area contributed by atoms with E-state index in [0.717, 1.165) is 49.5 Å². The monoisotopic (exact) mass is 521 g/mol. The third-order valence-electron chi connectivity index (χ3n) is 8.42. The molecule has 2 nitrogen and oxygen atoms in total. The lowest BCUT2D eigenvalue weighted by Crippen LogP contribution is -1.90. The second-order valence-electron chi connectivity index (χ2n) is 10.7. The van der Waals surface area contributed by atoms with Crippen LogP contribution in [0, 0.1) is 0 Å². The minimum atomic E-state index is 0.892. The number of para-hydroxylation sites is 1. The fourth-order valence-corrected chi connectivity index (χ4v) is 6.59. The number of nitrogens with zero attached hydrogens (tertiary/aromatic N) is 1. The first kappa shape index (κ1) is 22.4. The summed E-state index contributed by atoms with van der Waals surface area (Å²) in [6.07, 6.45) is 0. The zero-order chi connectivity index (χ0) is 26.9. The molecule has 41 heavy (non-hydrogen) atoms. The van der Waals surface area contributed by atoms with Gasteiger partial charge in [-0.05, 0) is 69.1 Å². The Balaban J connectivity index is 1.41. The molecule has 0 fully saturated rings. The van der Waals surface area contributed by atoms with Crippen molar-refractivity contribution < 1.29 is 4.42 Å². The fraction of sp³-hybridized carbons (Fsp3) is 0. The molecule has 0 saturated carbocycles. The third kappa shape index (κ3) is 3.28. The van der Waals surface area contributed by atoms with Gasteiger partial charge in [0.2, 0.25) is 0 Å². The van der Waals surface area contributed by atoms with Crippen LogP contribution in [0.5, 0.6) is 0 Å². The standard InChI is InChI=1S/C39H23NO/c1-2-10-24(11-3-1)39-31-19-21-36-38(37(31)30-16-8-9-17-34(30)40-39)33-23-26(18-20-35(33)41-36)32-22-25-12-4-5-13-27(25)28-14-6-7-15-29(28)32/h1-23H. The summed E-state index contributed by atoms with van der Waals surface area (Å²) in [6.45, 7) is 0. The predicted molar refractivity (Wildman–Crippen MR) is 172 cm³/mol. The minimum absolute atomic E-state index is 0.892. The fourth-order valence-electron chi connectivity index (χ4n) is 6.59. The van der Waals surface area contributed by atoms with E-state index in [4.69, 9.17) is 9.40 Å². The number of hydrogen-bond donors (Lipinski definition) is 0. The lowest BCUT2D eigenvalue weighted by atomic mass is 9.92. The van der Waals surface area contributed by atoms with Crippen LogP contribution >= 0.6 is 0 Å². The average molecular weight is 522 g/mol. The highest BCUT2D eigenvalue weighted by Gasteiger charge is 2.18. The summed E-state index contributed by atoms with van der Waals surface area (Å²) in [5.41, 5.74) is 7.28. The van der Waals surface area contributed by atoms with Crippen molar-refractivity contribution in [1.29, 1.82) is 0 Å². The first-order chi connectivity index (χ1) is 20.3. The molecular formula is C39H23NO. The van der Waals surface area contributed by atoms with Crippen molar-refractivity contribution in [1.82, 2.24) is 4.98 Å². The summed E-state index contributed by atoms with van der Waals surface area (Å²) < 4.78 is 6.48. The number of aromatic nitrogens is 1. The van der Waals surface area contributed by atoms with Crippen LogP contribution in [0.3, 0.4) is 0 Å². The van der Waals surface area contributed by atoms with E-state index in [9.17, 15) is 0 Å². The van der Waals surface area contributed by atoms with Gasteiger partial charge in [0.25, 0.3) is 0 Å². The third-order valence-corrected chi connectivity index (χ3v) is 8.42. The lowest BCUT2D eigenvalue weighted by molar-refractivity contribution is 0.669. The molecule has 0 radical (unpaired) electrons. The molecule has 0 N–H and O–H groups in total. The maximum absolute atomic E-state index is 6.48. The second-order valence-corrected chi connectivity index (χ2v) is 10.7. The smallest absolute Gasteiger partial charge is 0.136 e. The van der Waals surface area contributed by atoms with Crippen molar-refractivity contribution in [3.63, 3.8) is 0 Å². The number of benzene rings is 7. The van der Waals surface area contributed by atoms with Gasteiger partial charge in [-0.15, -0.1) is 0 Å². The van der Waals surface area contributed by atoms with E-state index in [1.54, 1.807) is 0 Å². The highest BCUT2D eigenvalue weighted by molar-refractivity contribution is 6.28. The van der Waals surface area contributed by atoms with Crippen LogP contribution in [0.1, 0.15) is 0 Å². The van der Waals surface area contributed by atoms with E-state index >= 15 is 0 Å². The highest BCUT2D eigenvalue weighted by Crippen LogP contribution is 2.43. The van der Waals surface area contributed by atoms with Crippen molar-refractivity contribution in [2.24, 2.45) is 0 Å². The number of hydrogen-bond acceptors (Lipinski definition) is 2. The van der Waals surface area contributed by atoms with E-state index in [2.05, 4.69) is 133 Å². The SMILES string of the molecule is c1ccc(-c2nc3ccccc3c3c2ccc2oc4ccc(-c5cc6ccccc6c6ccccc56)cc4c23)cc1. The molecule has 2 heteroatoms. The molecule has 0 unspecified atom stereocenters. The van der Waals surface area contributed by atoms with E-state index in [0.29, 0.717) is 0 Å². The molecule has 2 heterocycles. The Morgan fingerprint density at radius 2 is 1.12 bits per heavy atom. The van der Waals surface area contributed by atoms with Crippen LogP contribution in [0.15, 0.2) is 144 Å².